The fraction of sp³-hybridized carbons (Fsp3) is 1.00. The lowest BCUT2D eigenvalue weighted by Gasteiger charge is -2.33. The molecule has 82 valence electrons. The lowest BCUT2D eigenvalue weighted by Crippen LogP contribution is -2.53. The zero-order valence-electron chi connectivity index (χ0n) is 8.77. The smallest absolute Gasteiger partial charge is 0.141 e. The van der Waals surface area contributed by atoms with Gasteiger partial charge >= 0.3 is 0 Å². The van der Waals surface area contributed by atoms with Crippen molar-refractivity contribution in [1.29, 1.82) is 0 Å². The van der Waals surface area contributed by atoms with Gasteiger partial charge in [0.15, 0.2) is 0 Å². The highest BCUT2D eigenvalue weighted by molar-refractivity contribution is 5.04. The van der Waals surface area contributed by atoms with E-state index in [0.717, 1.165) is 32.2 Å². The first-order valence-corrected chi connectivity index (χ1v) is 5.90. The summed E-state index contributed by atoms with van der Waals surface area (Å²) in [6.07, 6.45) is 6.59. The van der Waals surface area contributed by atoms with Crippen LogP contribution in [0.25, 0.3) is 0 Å². The number of rotatable bonds is 3. The SMILES string of the molecule is NCC(F)(C1CC1)C1CCCCCN1. The van der Waals surface area contributed by atoms with Crippen molar-refractivity contribution in [3.05, 3.63) is 0 Å². The molecule has 2 unspecified atom stereocenters. The van der Waals surface area contributed by atoms with E-state index < -0.39 is 5.67 Å². The van der Waals surface area contributed by atoms with Gasteiger partial charge in [0, 0.05) is 12.6 Å². The normalized spacial score (nSPS) is 33.4. The zero-order valence-corrected chi connectivity index (χ0v) is 8.77. The molecule has 2 rings (SSSR count). The molecule has 0 bridgehead atoms. The average molecular weight is 200 g/mol. The van der Waals surface area contributed by atoms with E-state index in [1.165, 1.54) is 12.8 Å². The largest absolute Gasteiger partial charge is 0.327 e. The van der Waals surface area contributed by atoms with Crippen LogP contribution in [0.15, 0.2) is 0 Å². The molecular weight excluding hydrogens is 179 g/mol. The van der Waals surface area contributed by atoms with Crippen LogP contribution < -0.4 is 11.1 Å². The van der Waals surface area contributed by atoms with Crippen LogP contribution in [0, 0.1) is 5.92 Å². The Labute approximate surface area is 85.4 Å². The van der Waals surface area contributed by atoms with E-state index in [4.69, 9.17) is 5.73 Å². The second-order valence-electron chi connectivity index (χ2n) is 4.76. The number of nitrogens with one attached hydrogen (secondary N) is 1. The molecule has 2 atom stereocenters. The van der Waals surface area contributed by atoms with Crippen molar-refractivity contribution in [3.63, 3.8) is 0 Å². The van der Waals surface area contributed by atoms with E-state index >= 15 is 0 Å². The third-order valence-corrected chi connectivity index (χ3v) is 3.71. The highest BCUT2D eigenvalue weighted by atomic mass is 19.1. The van der Waals surface area contributed by atoms with Gasteiger partial charge in [0.2, 0.25) is 0 Å². The van der Waals surface area contributed by atoms with E-state index in [-0.39, 0.29) is 18.5 Å². The highest BCUT2D eigenvalue weighted by Gasteiger charge is 2.49. The molecule has 1 aliphatic carbocycles. The van der Waals surface area contributed by atoms with Crippen molar-refractivity contribution < 1.29 is 4.39 Å². The second-order valence-corrected chi connectivity index (χ2v) is 4.76. The first kappa shape index (κ1) is 10.4. The highest BCUT2D eigenvalue weighted by Crippen LogP contribution is 2.44. The van der Waals surface area contributed by atoms with Crippen LogP contribution >= 0.6 is 0 Å². The summed E-state index contributed by atoms with van der Waals surface area (Å²) >= 11 is 0. The Hall–Kier alpha value is -0.150. The topological polar surface area (TPSA) is 38.0 Å². The first-order valence-electron chi connectivity index (χ1n) is 5.90. The Morgan fingerprint density at radius 1 is 1.21 bits per heavy atom. The maximum atomic E-state index is 14.6. The number of alkyl halides is 1. The third kappa shape index (κ3) is 1.94. The minimum absolute atomic E-state index is 0.0162. The van der Waals surface area contributed by atoms with Crippen LogP contribution in [-0.4, -0.2) is 24.8 Å². The number of hydrogen-bond donors (Lipinski definition) is 2. The predicted octanol–water partition coefficient (Wildman–Crippen LogP) is 1.60. The summed E-state index contributed by atoms with van der Waals surface area (Å²) in [5.41, 5.74) is 4.49. The van der Waals surface area contributed by atoms with Gasteiger partial charge in [0.1, 0.15) is 5.67 Å². The Balaban J connectivity index is 2.01. The van der Waals surface area contributed by atoms with Crippen LogP contribution in [0.1, 0.15) is 38.5 Å². The van der Waals surface area contributed by atoms with Gasteiger partial charge in [0.05, 0.1) is 0 Å². The fourth-order valence-corrected chi connectivity index (χ4v) is 2.59. The van der Waals surface area contributed by atoms with Crippen molar-refractivity contribution in [2.75, 3.05) is 13.1 Å². The zero-order chi connectivity index (χ0) is 10.0. The van der Waals surface area contributed by atoms with Crippen LogP contribution in [0.2, 0.25) is 0 Å². The molecule has 0 radical (unpaired) electrons. The first-order chi connectivity index (χ1) is 6.77. The Morgan fingerprint density at radius 2 is 2.00 bits per heavy atom. The molecule has 0 aromatic rings. The summed E-state index contributed by atoms with van der Waals surface area (Å²) in [5.74, 6) is 0.239. The van der Waals surface area contributed by atoms with Crippen molar-refractivity contribution in [3.8, 4) is 0 Å². The van der Waals surface area contributed by atoms with E-state index in [9.17, 15) is 4.39 Å². The molecular formula is C11H21FN2. The van der Waals surface area contributed by atoms with Crippen LogP contribution in [0.5, 0.6) is 0 Å². The minimum atomic E-state index is -1.12. The summed E-state index contributed by atoms with van der Waals surface area (Å²) in [4.78, 5) is 0. The molecule has 14 heavy (non-hydrogen) atoms. The predicted molar refractivity (Wildman–Crippen MR) is 55.9 cm³/mol. The van der Waals surface area contributed by atoms with Gasteiger partial charge in [-0.3, -0.25) is 0 Å². The molecule has 3 heteroatoms. The van der Waals surface area contributed by atoms with Gasteiger partial charge in [-0.15, -0.1) is 0 Å². The molecule has 3 N–H and O–H groups in total. The number of hydrogen-bond acceptors (Lipinski definition) is 2. The molecule has 2 aliphatic rings. The second kappa shape index (κ2) is 4.15. The van der Waals surface area contributed by atoms with E-state index in [2.05, 4.69) is 5.32 Å². The molecule has 1 aliphatic heterocycles. The average Bonchev–Trinajstić information content (AvgIpc) is 3.03. The molecule has 1 heterocycles. The van der Waals surface area contributed by atoms with E-state index in [0.29, 0.717) is 0 Å². The summed E-state index contributed by atoms with van der Waals surface area (Å²) in [6.45, 7) is 1.15. The maximum Gasteiger partial charge on any atom is 0.141 e. The standard InChI is InChI=1S/C11H21FN2/c12-11(8-13,9-5-6-9)10-4-2-1-3-7-14-10/h9-10,14H,1-8,13H2. The Kier molecular flexibility index (Phi) is 3.07. The third-order valence-electron chi connectivity index (χ3n) is 3.71. The Bertz CT molecular complexity index is 186. The van der Waals surface area contributed by atoms with Gasteiger partial charge in [-0.05, 0) is 38.1 Å². The quantitative estimate of drug-likeness (QED) is 0.726. The molecule has 0 aromatic heterocycles. The van der Waals surface area contributed by atoms with Crippen molar-refractivity contribution >= 4 is 0 Å². The number of nitrogens with two attached hydrogens (primary N) is 1. The summed E-state index contributed by atoms with van der Waals surface area (Å²) in [5, 5.41) is 3.34. The molecule has 1 saturated carbocycles. The van der Waals surface area contributed by atoms with Gasteiger partial charge in [-0.1, -0.05) is 12.8 Å². The minimum Gasteiger partial charge on any atom is -0.327 e. The molecule has 0 aromatic carbocycles. The molecule has 0 spiro atoms. The molecule has 1 saturated heterocycles. The van der Waals surface area contributed by atoms with Crippen LogP contribution in [0.3, 0.4) is 0 Å². The van der Waals surface area contributed by atoms with Crippen LogP contribution in [-0.2, 0) is 0 Å². The summed E-state index contributed by atoms with van der Waals surface area (Å²) < 4.78 is 14.6. The molecule has 2 fully saturated rings. The molecule has 2 nitrogen and oxygen atoms in total. The van der Waals surface area contributed by atoms with Gasteiger partial charge in [0.25, 0.3) is 0 Å². The van der Waals surface area contributed by atoms with E-state index in [1.54, 1.807) is 0 Å². The van der Waals surface area contributed by atoms with Crippen molar-refractivity contribution in [1.82, 2.24) is 5.32 Å². The fourth-order valence-electron chi connectivity index (χ4n) is 2.59. The Morgan fingerprint density at radius 3 is 2.64 bits per heavy atom. The van der Waals surface area contributed by atoms with Crippen molar-refractivity contribution in [2.45, 2.75) is 50.2 Å². The van der Waals surface area contributed by atoms with Gasteiger partial charge in [-0.25, -0.2) is 4.39 Å². The van der Waals surface area contributed by atoms with Crippen molar-refractivity contribution in [2.24, 2.45) is 11.7 Å². The van der Waals surface area contributed by atoms with Gasteiger partial charge < -0.3 is 11.1 Å². The van der Waals surface area contributed by atoms with Gasteiger partial charge in [-0.2, -0.15) is 0 Å². The lowest BCUT2D eigenvalue weighted by atomic mass is 9.88. The summed E-state index contributed by atoms with van der Waals surface area (Å²) in [6, 6.07) is 0.0162. The van der Waals surface area contributed by atoms with Crippen LogP contribution in [0.4, 0.5) is 4.39 Å². The monoisotopic (exact) mass is 200 g/mol. The number of halogens is 1. The summed E-state index contributed by atoms with van der Waals surface area (Å²) in [7, 11) is 0. The maximum absolute atomic E-state index is 14.6. The van der Waals surface area contributed by atoms with E-state index in [1.807, 2.05) is 0 Å². The molecule has 0 amide bonds. The lowest BCUT2D eigenvalue weighted by molar-refractivity contribution is 0.0850.